The second-order valence-corrected chi connectivity index (χ2v) is 7.67. The standard InChI is InChI=1S/C19H28N4O/c1-14-11-17(12-15(2)20-14)19(24)23-9-7-22(8-10-23)18-13-21-5-3-16(18)4-6-21/h11-12,16,18H,3-10,13H2,1-2H3. The summed E-state index contributed by atoms with van der Waals surface area (Å²) in [7, 11) is 0. The Balaban J connectivity index is 1.38. The van der Waals surface area contributed by atoms with Gasteiger partial charge in [-0.05, 0) is 57.8 Å². The molecule has 0 N–H and O–H groups in total. The molecule has 5 nitrogen and oxygen atoms in total. The van der Waals surface area contributed by atoms with Crippen LogP contribution in [0.25, 0.3) is 0 Å². The first-order valence-corrected chi connectivity index (χ1v) is 9.31. The molecule has 24 heavy (non-hydrogen) atoms. The van der Waals surface area contributed by atoms with Crippen LogP contribution in [0.5, 0.6) is 0 Å². The van der Waals surface area contributed by atoms with Crippen LogP contribution >= 0.6 is 0 Å². The summed E-state index contributed by atoms with van der Waals surface area (Å²) < 4.78 is 0. The molecule has 0 saturated carbocycles. The Kier molecular flexibility index (Phi) is 4.31. The molecular weight excluding hydrogens is 300 g/mol. The van der Waals surface area contributed by atoms with Gasteiger partial charge < -0.3 is 9.80 Å². The van der Waals surface area contributed by atoms with E-state index in [0.29, 0.717) is 0 Å². The number of carbonyl (C=O) groups is 1. The Morgan fingerprint density at radius 1 is 1.00 bits per heavy atom. The minimum atomic E-state index is 0.164. The number of fused-ring (bicyclic) bond motifs is 3. The van der Waals surface area contributed by atoms with E-state index in [1.165, 1.54) is 32.5 Å². The average Bonchev–Trinajstić information content (AvgIpc) is 2.61. The van der Waals surface area contributed by atoms with Crippen LogP contribution in [0.3, 0.4) is 0 Å². The van der Waals surface area contributed by atoms with Gasteiger partial charge in [0, 0.05) is 55.7 Å². The molecule has 0 aliphatic carbocycles. The van der Waals surface area contributed by atoms with Crippen LogP contribution < -0.4 is 0 Å². The van der Waals surface area contributed by atoms with E-state index in [9.17, 15) is 4.79 Å². The van der Waals surface area contributed by atoms with Crippen molar-refractivity contribution < 1.29 is 4.79 Å². The van der Waals surface area contributed by atoms with Crippen LogP contribution in [0.1, 0.15) is 34.6 Å². The van der Waals surface area contributed by atoms with Gasteiger partial charge in [0.25, 0.3) is 5.91 Å². The van der Waals surface area contributed by atoms with Gasteiger partial charge in [-0.1, -0.05) is 0 Å². The van der Waals surface area contributed by atoms with Gasteiger partial charge in [0.1, 0.15) is 0 Å². The van der Waals surface area contributed by atoms with Crippen molar-refractivity contribution in [1.82, 2.24) is 19.7 Å². The molecule has 0 spiro atoms. The highest BCUT2D eigenvalue weighted by Gasteiger charge is 2.38. The smallest absolute Gasteiger partial charge is 0.254 e. The molecule has 130 valence electrons. The van der Waals surface area contributed by atoms with Gasteiger partial charge in [0.2, 0.25) is 0 Å². The van der Waals surface area contributed by atoms with Crippen molar-refractivity contribution in [1.29, 1.82) is 0 Å². The Labute approximate surface area is 144 Å². The zero-order valence-electron chi connectivity index (χ0n) is 14.9. The lowest BCUT2D eigenvalue weighted by Gasteiger charge is -2.51. The van der Waals surface area contributed by atoms with Crippen LogP contribution in [0.15, 0.2) is 12.1 Å². The lowest BCUT2D eigenvalue weighted by Crippen LogP contribution is -2.61. The summed E-state index contributed by atoms with van der Waals surface area (Å²) in [5, 5.41) is 0. The third-order valence-corrected chi connectivity index (χ3v) is 6.02. The predicted molar refractivity (Wildman–Crippen MR) is 94.1 cm³/mol. The molecule has 1 aromatic rings. The summed E-state index contributed by atoms with van der Waals surface area (Å²) in [5.41, 5.74) is 2.63. The quantitative estimate of drug-likeness (QED) is 0.826. The van der Waals surface area contributed by atoms with Crippen LogP contribution in [0.4, 0.5) is 0 Å². The predicted octanol–water partition coefficient (Wildman–Crippen LogP) is 1.55. The van der Waals surface area contributed by atoms with Gasteiger partial charge >= 0.3 is 0 Å². The van der Waals surface area contributed by atoms with Gasteiger partial charge in [-0.15, -0.1) is 0 Å². The third kappa shape index (κ3) is 3.07. The minimum absolute atomic E-state index is 0.164. The van der Waals surface area contributed by atoms with Crippen LogP contribution in [0.2, 0.25) is 0 Å². The maximum Gasteiger partial charge on any atom is 0.254 e. The SMILES string of the molecule is Cc1cc(C(=O)N2CCN(C3CN4CCC3CC4)CC2)cc(C)n1. The normalized spacial score (nSPS) is 30.6. The lowest BCUT2D eigenvalue weighted by molar-refractivity contribution is -0.0131. The first kappa shape index (κ1) is 16.0. The average molecular weight is 328 g/mol. The third-order valence-electron chi connectivity index (χ3n) is 6.02. The summed E-state index contributed by atoms with van der Waals surface area (Å²) in [4.78, 5) is 24.4. The fourth-order valence-electron chi connectivity index (χ4n) is 4.74. The molecule has 5 heteroatoms. The van der Waals surface area contributed by atoms with E-state index in [1.54, 1.807) is 0 Å². The number of nitrogens with zero attached hydrogens (tertiary/aromatic N) is 4. The number of pyridine rings is 1. The van der Waals surface area contributed by atoms with E-state index in [1.807, 2.05) is 30.9 Å². The van der Waals surface area contributed by atoms with E-state index in [2.05, 4.69) is 14.8 Å². The molecule has 1 unspecified atom stereocenters. The molecule has 0 aromatic carbocycles. The second kappa shape index (κ2) is 6.45. The first-order chi connectivity index (χ1) is 11.6. The molecule has 4 saturated heterocycles. The molecule has 5 heterocycles. The molecule has 4 aliphatic rings. The first-order valence-electron chi connectivity index (χ1n) is 9.31. The molecule has 5 rings (SSSR count). The second-order valence-electron chi connectivity index (χ2n) is 7.67. The molecule has 4 fully saturated rings. The number of hydrogen-bond acceptors (Lipinski definition) is 4. The molecule has 1 atom stereocenters. The number of rotatable bonds is 2. The van der Waals surface area contributed by atoms with Gasteiger partial charge in [-0.2, -0.15) is 0 Å². The van der Waals surface area contributed by atoms with Crippen molar-refractivity contribution in [3.05, 3.63) is 29.1 Å². The molecule has 0 radical (unpaired) electrons. The highest BCUT2D eigenvalue weighted by molar-refractivity contribution is 5.94. The molecule has 4 aliphatic heterocycles. The van der Waals surface area contributed by atoms with Crippen molar-refractivity contribution in [2.75, 3.05) is 45.8 Å². The van der Waals surface area contributed by atoms with Gasteiger partial charge in [0.15, 0.2) is 0 Å². The number of aromatic nitrogens is 1. The van der Waals surface area contributed by atoms with Crippen molar-refractivity contribution in [3.63, 3.8) is 0 Å². The maximum absolute atomic E-state index is 12.8. The summed E-state index contributed by atoms with van der Waals surface area (Å²) in [6, 6.07) is 4.54. The number of piperazine rings is 1. The zero-order valence-corrected chi connectivity index (χ0v) is 14.9. The van der Waals surface area contributed by atoms with E-state index in [4.69, 9.17) is 0 Å². The van der Waals surface area contributed by atoms with E-state index in [0.717, 1.165) is 55.1 Å². The molecule has 2 bridgehead atoms. The maximum atomic E-state index is 12.8. The topological polar surface area (TPSA) is 39.7 Å². The van der Waals surface area contributed by atoms with Crippen molar-refractivity contribution in [2.24, 2.45) is 5.92 Å². The lowest BCUT2D eigenvalue weighted by atomic mass is 9.83. The summed E-state index contributed by atoms with van der Waals surface area (Å²) in [6.45, 7) is 11.5. The molecule has 1 amide bonds. The fourth-order valence-corrected chi connectivity index (χ4v) is 4.74. The minimum Gasteiger partial charge on any atom is -0.336 e. The summed E-state index contributed by atoms with van der Waals surface area (Å²) >= 11 is 0. The molecule has 1 aromatic heterocycles. The number of carbonyl (C=O) groups excluding carboxylic acids is 1. The van der Waals surface area contributed by atoms with Gasteiger partial charge in [-0.25, -0.2) is 0 Å². The summed E-state index contributed by atoms with van der Waals surface area (Å²) in [6.07, 6.45) is 2.72. The van der Waals surface area contributed by atoms with Crippen LogP contribution in [-0.2, 0) is 0 Å². The van der Waals surface area contributed by atoms with Crippen molar-refractivity contribution in [3.8, 4) is 0 Å². The number of hydrogen-bond donors (Lipinski definition) is 0. The van der Waals surface area contributed by atoms with Crippen LogP contribution in [-0.4, -0.2) is 77.4 Å². The number of amides is 1. The van der Waals surface area contributed by atoms with Crippen molar-refractivity contribution >= 4 is 5.91 Å². The largest absolute Gasteiger partial charge is 0.336 e. The Bertz CT molecular complexity index is 596. The van der Waals surface area contributed by atoms with E-state index < -0.39 is 0 Å². The molecular formula is C19H28N4O. The van der Waals surface area contributed by atoms with Crippen LogP contribution in [0, 0.1) is 19.8 Å². The van der Waals surface area contributed by atoms with Crippen molar-refractivity contribution in [2.45, 2.75) is 32.7 Å². The fraction of sp³-hybridized carbons (Fsp3) is 0.684. The summed E-state index contributed by atoms with van der Waals surface area (Å²) in [5.74, 6) is 1.04. The zero-order chi connectivity index (χ0) is 16.7. The Morgan fingerprint density at radius 2 is 1.62 bits per heavy atom. The number of piperidine rings is 3. The van der Waals surface area contributed by atoms with Gasteiger partial charge in [0.05, 0.1) is 0 Å². The number of aryl methyl sites for hydroxylation is 2. The Morgan fingerprint density at radius 3 is 2.17 bits per heavy atom. The highest BCUT2D eigenvalue weighted by atomic mass is 16.2. The monoisotopic (exact) mass is 328 g/mol. The van der Waals surface area contributed by atoms with E-state index in [-0.39, 0.29) is 5.91 Å². The van der Waals surface area contributed by atoms with Gasteiger partial charge in [-0.3, -0.25) is 14.7 Å². The van der Waals surface area contributed by atoms with E-state index >= 15 is 0 Å². The Hall–Kier alpha value is -1.46. The highest BCUT2D eigenvalue weighted by Crippen LogP contribution is 2.31.